The highest BCUT2D eigenvalue weighted by Crippen LogP contribution is 2.34. The van der Waals surface area contributed by atoms with E-state index >= 15 is 0 Å². The van der Waals surface area contributed by atoms with Crippen LogP contribution in [0.3, 0.4) is 0 Å². The van der Waals surface area contributed by atoms with Gasteiger partial charge in [-0.2, -0.15) is 0 Å². The number of fused-ring (bicyclic) bond motifs is 3. The minimum absolute atomic E-state index is 0.0266. The maximum absolute atomic E-state index is 13.1. The molecule has 0 aromatic carbocycles. The van der Waals surface area contributed by atoms with Crippen LogP contribution in [0, 0.1) is 0 Å². The van der Waals surface area contributed by atoms with Crippen LogP contribution in [0.25, 0.3) is 10.2 Å². The van der Waals surface area contributed by atoms with E-state index in [0.717, 1.165) is 29.5 Å². The van der Waals surface area contributed by atoms with Gasteiger partial charge in [0, 0.05) is 11.4 Å². The molecule has 0 spiro atoms. The minimum atomic E-state index is -0.198. The highest BCUT2D eigenvalue weighted by molar-refractivity contribution is 7.99. The molecule has 3 heterocycles. The number of thioether (sulfide) groups is 1. The van der Waals surface area contributed by atoms with E-state index in [1.54, 1.807) is 28.2 Å². The molecule has 148 valence electrons. The number of hydrogen-bond donors (Lipinski definition) is 1. The molecule has 0 bridgehead atoms. The number of hydrogen-bond acceptors (Lipinski definition) is 6. The molecule has 4 rings (SSSR count). The molecule has 0 saturated carbocycles. The number of nitrogens with one attached hydrogen (secondary N) is 1. The largest absolute Gasteiger partial charge is 0.467 e. The highest BCUT2D eigenvalue weighted by Gasteiger charge is 2.22. The van der Waals surface area contributed by atoms with Gasteiger partial charge < -0.3 is 9.73 Å². The summed E-state index contributed by atoms with van der Waals surface area (Å²) < 4.78 is 7.01. The van der Waals surface area contributed by atoms with Gasteiger partial charge in [-0.25, -0.2) is 4.98 Å². The van der Waals surface area contributed by atoms with E-state index in [9.17, 15) is 9.59 Å². The smallest absolute Gasteiger partial charge is 0.263 e. The molecule has 1 atom stereocenters. The van der Waals surface area contributed by atoms with Crippen molar-refractivity contribution in [2.24, 2.45) is 0 Å². The Bertz CT molecular complexity index is 1050. The van der Waals surface area contributed by atoms with Crippen LogP contribution in [0.2, 0.25) is 0 Å². The van der Waals surface area contributed by atoms with Crippen molar-refractivity contribution in [2.75, 3.05) is 5.75 Å². The fourth-order valence-corrected chi connectivity index (χ4v) is 5.81. The van der Waals surface area contributed by atoms with Gasteiger partial charge in [0.1, 0.15) is 10.6 Å². The molecule has 8 heteroatoms. The quantitative estimate of drug-likeness (QED) is 0.486. The average Bonchev–Trinajstić information content (AvgIpc) is 3.34. The van der Waals surface area contributed by atoms with E-state index in [1.807, 2.05) is 19.9 Å². The molecule has 1 aliphatic carbocycles. The van der Waals surface area contributed by atoms with Gasteiger partial charge in [-0.15, -0.1) is 11.3 Å². The molecular formula is C20H23N3O3S2. The van der Waals surface area contributed by atoms with Crippen molar-refractivity contribution < 1.29 is 9.21 Å². The highest BCUT2D eigenvalue weighted by atomic mass is 32.2. The molecule has 6 nitrogen and oxygen atoms in total. The molecule has 1 N–H and O–H groups in total. The van der Waals surface area contributed by atoms with Crippen LogP contribution in [-0.2, 0) is 24.2 Å². The second-order valence-corrected chi connectivity index (χ2v) is 8.95. The van der Waals surface area contributed by atoms with Crippen molar-refractivity contribution >= 4 is 39.2 Å². The zero-order valence-corrected chi connectivity index (χ0v) is 17.6. The number of furan rings is 1. The van der Waals surface area contributed by atoms with E-state index < -0.39 is 0 Å². The van der Waals surface area contributed by atoms with Crippen LogP contribution in [0.5, 0.6) is 0 Å². The maximum atomic E-state index is 13.1. The van der Waals surface area contributed by atoms with Crippen LogP contribution in [-0.4, -0.2) is 21.2 Å². The summed E-state index contributed by atoms with van der Waals surface area (Å²) in [5, 5.41) is 4.32. The van der Waals surface area contributed by atoms with E-state index in [0.29, 0.717) is 17.5 Å². The minimum Gasteiger partial charge on any atom is -0.467 e. The van der Waals surface area contributed by atoms with E-state index in [4.69, 9.17) is 9.40 Å². The van der Waals surface area contributed by atoms with Crippen LogP contribution < -0.4 is 10.9 Å². The number of rotatable bonds is 6. The molecule has 0 radical (unpaired) electrons. The lowest BCUT2D eigenvalue weighted by molar-refractivity contribution is -0.119. The molecule has 0 aliphatic heterocycles. The Balaban J connectivity index is 1.55. The standard InChI is InChI=1S/C20H23N3O3S2/c1-3-23-19(25)17-13-7-4-5-9-15(13)28-18(17)22-20(23)27-11-16(24)21-12(2)14-8-6-10-26-14/h6,8,10,12H,3-5,7,9,11H2,1-2H3,(H,21,24)/t12-/m0/s1. The summed E-state index contributed by atoms with van der Waals surface area (Å²) in [6.07, 6.45) is 5.91. The van der Waals surface area contributed by atoms with Crippen molar-refractivity contribution in [3.05, 3.63) is 45.0 Å². The van der Waals surface area contributed by atoms with Crippen molar-refractivity contribution in [2.45, 2.75) is 57.3 Å². The van der Waals surface area contributed by atoms with Crippen molar-refractivity contribution in [3.8, 4) is 0 Å². The van der Waals surface area contributed by atoms with E-state index in [1.165, 1.54) is 28.6 Å². The first-order chi connectivity index (χ1) is 13.6. The molecular weight excluding hydrogens is 394 g/mol. The van der Waals surface area contributed by atoms with Gasteiger partial charge in [0.25, 0.3) is 5.56 Å². The van der Waals surface area contributed by atoms with Gasteiger partial charge in [-0.3, -0.25) is 14.2 Å². The Kier molecular flexibility index (Phi) is 5.59. The Morgan fingerprint density at radius 3 is 3.00 bits per heavy atom. The summed E-state index contributed by atoms with van der Waals surface area (Å²) in [6, 6.07) is 3.43. The molecule has 28 heavy (non-hydrogen) atoms. The Hall–Kier alpha value is -2.06. The summed E-state index contributed by atoms with van der Waals surface area (Å²) in [5.74, 6) is 0.803. The number of amides is 1. The van der Waals surface area contributed by atoms with E-state index in [2.05, 4.69) is 5.32 Å². The SMILES string of the molecule is CCn1c(SCC(=O)N[C@@H](C)c2ccco2)nc2sc3c(c2c1=O)CCCC3. The number of aryl methyl sites for hydroxylation is 2. The lowest BCUT2D eigenvalue weighted by atomic mass is 9.97. The summed E-state index contributed by atoms with van der Waals surface area (Å²) >= 11 is 2.95. The fraction of sp³-hybridized carbons (Fsp3) is 0.450. The molecule has 0 unspecified atom stereocenters. The van der Waals surface area contributed by atoms with Crippen molar-refractivity contribution in [1.82, 2.24) is 14.9 Å². The average molecular weight is 418 g/mol. The number of thiophene rings is 1. The predicted octanol–water partition coefficient (Wildman–Crippen LogP) is 3.92. The first kappa shape index (κ1) is 19.3. The molecule has 0 fully saturated rings. The van der Waals surface area contributed by atoms with E-state index in [-0.39, 0.29) is 23.3 Å². The van der Waals surface area contributed by atoms with Gasteiger partial charge in [-0.05, 0) is 57.2 Å². The van der Waals surface area contributed by atoms with Gasteiger partial charge in [0.05, 0.1) is 23.4 Å². The van der Waals surface area contributed by atoms with Crippen molar-refractivity contribution in [3.63, 3.8) is 0 Å². The van der Waals surface area contributed by atoms with Gasteiger partial charge in [0.15, 0.2) is 5.16 Å². The Labute approximate surface area is 171 Å². The van der Waals surface area contributed by atoms with Crippen molar-refractivity contribution in [1.29, 1.82) is 0 Å². The summed E-state index contributed by atoms with van der Waals surface area (Å²) in [5.41, 5.74) is 1.23. The van der Waals surface area contributed by atoms with Gasteiger partial charge >= 0.3 is 0 Å². The van der Waals surface area contributed by atoms with Gasteiger partial charge in [-0.1, -0.05) is 11.8 Å². The molecule has 0 saturated heterocycles. The third-order valence-electron chi connectivity index (χ3n) is 5.04. The topological polar surface area (TPSA) is 77.1 Å². The van der Waals surface area contributed by atoms with Crippen LogP contribution in [0.1, 0.15) is 48.9 Å². The zero-order chi connectivity index (χ0) is 19.7. The molecule has 1 aliphatic rings. The monoisotopic (exact) mass is 417 g/mol. The lowest BCUT2D eigenvalue weighted by Gasteiger charge is -2.13. The summed E-state index contributed by atoms with van der Waals surface area (Å²) in [6.45, 7) is 4.36. The number of aromatic nitrogens is 2. The second kappa shape index (κ2) is 8.13. The number of nitrogens with zero attached hydrogens (tertiary/aromatic N) is 2. The lowest BCUT2D eigenvalue weighted by Crippen LogP contribution is -2.29. The normalized spacial score (nSPS) is 14.8. The third-order valence-corrected chi connectivity index (χ3v) is 7.20. The number of carbonyl (C=O) groups excluding carboxylic acids is 1. The third kappa shape index (κ3) is 3.63. The first-order valence-electron chi connectivity index (χ1n) is 9.59. The van der Waals surface area contributed by atoms with Crippen LogP contribution in [0.4, 0.5) is 0 Å². The Morgan fingerprint density at radius 2 is 2.25 bits per heavy atom. The molecule has 3 aromatic rings. The predicted molar refractivity (Wildman–Crippen MR) is 112 cm³/mol. The zero-order valence-electron chi connectivity index (χ0n) is 16.0. The van der Waals surface area contributed by atoms with Gasteiger partial charge in [0.2, 0.25) is 5.91 Å². The molecule has 3 aromatic heterocycles. The maximum Gasteiger partial charge on any atom is 0.263 e. The Morgan fingerprint density at radius 1 is 1.43 bits per heavy atom. The summed E-state index contributed by atoms with van der Waals surface area (Å²) in [4.78, 5) is 32.3. The second-order valence-electron chi connectivity index (χ2n) is 6.93. The fourth-order valence-electron chi connectivity index (χ4n) is 3.63. The first-order valence-corrected chi connectivity index (χ1v) is 11.4. The van der Waals surface area contributed by atoms with Crippen LogP contribution >= 0.6 is 23.1 Å². The molecule has 1 amide bonds. The number of carbonyl (C=O) groups is 1. The summed E-state index contributed by atoms with van der Waals surface area (Å²) in [7, 11) is 0. The van der Waals surface area contributed by atoms with Crippen LogP contribution in [0.15, 0.2) is 32.8 Å².